The summed E-state index contributed by atoms with van der Waals surface area (Å²) in [5.74, 6) is -1.93. The maximum Gasteiger partial charge on any atom is 0.306 e. The van der Waals surface area contributed by atoms with Gasteiger partial charge in [0.25, 0.3) is 0 Å². The van der Waals surface area contributed by atoms with Crippen LogP contribution in [0.4, 0.5) is 0 Å². The highest BCUT2D eigenvalue weighted by Crippen LogP contribution is 2.34. The molecule has 12 heteroatoms. The molecular formula is C57H76O12. The van der Waals surface area contributed by atoms with E-state index in [2.05, 4.69) is 0 Å². The van der Waals surface area contributed by atoms with E-state index in [1.807, 2.05) is 83.1 Å². The molecule has 0 aromatic heterocycles. The molecule has 0 atom stereocenters. The second kappa shape index (κ2) is 23.0. The molecule has 0 saturated heterocycles. The molecule has 0 aliphatic carbocycles. The lowest BCUT2D eigenvalue weighted by Crippen LogP contribution is -2.44. The molecular weight excluding hydrogens is 877 g/mol. The molecule has 0 heterocycles. The van der Waals surface area contributed by atoms with Gasteiger partial charge in [0.2, 0.25) is 0 Å². The first-order chi connectivity index (χ1) is 32.0. The summed E-state index contributed by atoms with van der Waals surface area (Å²) in [6.07, 6.45) is 1.02. The number of ether oxygens (including phenoxy) is 4. The van der Waals surface area contributed by atoms with Crippen LogP contribution in [0.2, 0.25) is 0 Å². The SMILES string of the molecule is CC(C)(C)c1cc(O)ccc1CCC(=O)OCC(COC(=O)CCc1ccc(O)cc1C(C)(C)C)(COC(=O)CCc1ccc(O)cc1C(C)(C)C)COC(=O)CCc1ccc(O)cc1C(C)(C)C. The van der Waals surface area contributed by atoms with Crippen LogP contribution in [0.5, 0.6) is 23.0 Å². The Hall–Kier alpha value is -6.04. The molecule has 4 aromatic rings. The van der Waals surface area contributed by atoms with E-state index >= 15 is 0 Å². The quantitative estimate of drug-likeness (QED) is 0.0486. The summed E-state index contributed by atoms with van der Waals surface area (Å²) in [4.78, 5) is 54.6. The molecule has 12 nitrogen and oxygen atoms in total. The lowest BCUT2D eigenvalue weighted by Gasteiger charge is -2.32. The van der Waals surface area contributed by atoms with Gasteiger partial charge in [-0.25, -0.2) is 0 Å². The Bertz CT molecular complexity index is 2080. The van der Waals surface area contributed by atoms with Gasteiger partial charge in [-0.05, 0) is 140 Å². The van der Waals surface area contributed by atoms with Crippen LogP contribution in [-0.2, 0) is 85.5 Å². The zero-order chi connectivity index (χ0) is 51.5. The highest BCUT2D eigenvalue weighted by Gasteiger charge is 2.38. The van der Waals surface area contributed by atoms with Gasteiger partial charge in [-0.1, -0.05) is 107 Å². The molecule has 0 aliphatic heterocycles. The van der Waals surface area contributed by atoms with E-state index in [0.717, 1.165) is 44.5 Å². The second-order valence-electron chi connectivity index (χ2n) is 22.5. The molecule has 0 saturated carbocycles. The maximum absolute atomic E-state index is 13.6. The number of phenolic OH excluding ortho intramolecular Hbond substituents is 4. The van der Waals surface area contributed by atoms with Gasteiger partial charge in [-0.15, -0.1) is 0 Å². The van der Waals surface area contributed by atoms with Gasteiger partial charge in [0, 0.05) is 25.7 Å². The Kier molecular flexibility index (Phi) is 18.6. The lowest BCUT2D eigenvalue weighted by molar-refractivity contribution is -0.170. The van der Waals surface area contributed by atoms with Crippen LogP contribution < -0.4 is 0 Å². The molecule has 69 heavy (non-hydrogen) atoms. The first kappa shape index (κ1) is 55.6. The summed E-state index contributed by atoms with van der Waals surface area (Å²) in [5, 5.41) is 40.9. The molecule has 0 bridgehead atoms. The third kappa shape index (κ3) is 17.2. The van der Waals surface area contributed by atoms with Crippen molar-refractivity contribution in [2.75, 3.05) is 26.4 Å². The van der Waals surface area contributed by atoms with Crippen LogP contribution in [0.1, 0.15) is 153 Å². The minimum absolute atomic E-state index is 0.0441. The van der Waals surface area contributed by atoms with Gasteiger partial charge < -0.3 is 39.4 Å². The Labute approximate surface area is 409 Å². The van der Waals surface area contributed by atoms with Crippen molar-refractivity contribution in [1.82, 2.24) is 0 Å². The largest absolute Gasteiger partial charge is 0.508 e. The van der Waals surface area contributed by atoms with Gasteiger partial charge in [0.1, 0.15) is 54.8 Å². The summed E-state index contributed by atoms with van der Waals surface area (Å²) in [7, 11) is 0. The van der Waals surface area contributed by atoms with Crippen molar-refractivity contribution in [2.45, 2.75) is 156 Å². The van der Waals surface area contributed by atoms with E-state index in [0.29, 0.717) is 25.7 Å². The first-order valence-electron chi connectivity index (χ1n) is 23.9. The number of benzene rings is 4. The van der Waals surface area contributed by atoms with Gasteiger partial charge in [0.15, 0.2) is 0 Å². The summed E-state index contributed by atoms with van der Waals surface area (Å²) >= 11 is 0. The van der Waals surface area contributed by atoms with Crippen LogP contribution in [0.25, 0.3) is 0 Å². The number of carbonyl (C=O) groups excluding carboxylic acids is 4. The van der Waals surface area contributed by atoms with E-state index in [1.165, 1.54) is 0 Å². The summed E-state index contributed by atoms with van der Waals surface area (Å²) in [5.41, 5.74) is 4.09. The third-order valence-corrected chi connectivity index (χ3v) is 12.2. The zero-order valence-corrected chi connectivity index (χ0v) is 43.0. The molecule has 0 aliphatic rings. The Balaban J connectivity index is 1.63. The number of hydrogen-bond donors (Lipinski definition) is 4. The minimum atomic E-state index is -1.54. The number of rotatable bonds is 20. The number of phenols is 4. The fourth-order valence-corrected chi connectivity index (χ4v) is 8.34. The predicted octanol–water partition coefficient (Wildman–Crippen LogP) is 10.7. The van der Waals surface area contributed by atoms with Gasteiger partial charge in [-0.2, -0.15) is 0 Å². The monoisotopic (exact) mass is 953 g/mol. The van der Waals surface area contributed by atoms with Crippen LogP contribution in [-0.4, -0.2) is 70.7 Å². The molecule has 4 aromatic carbocycles. The van der Waals surface area contributed by atoms with Crippen molar-refractivity contribution in [3.8, 4) is 23.0 Å². The van der Waals surface area contributed by atoms with Crippen molar-refractivity contribution >= 4 is 23.9 Å². The van der Waals surface area contributed by atoms with E-state index in [-0.39, 0.29) is 70.3 Å². The number of carbonyl (C=O) groups is 4. The predicted molar refractivity (Wildman–Crippen MR) is 267 cm³/mol. The van der Waals surface area contributed by atoms with Crippen molar-refractivity contribution in [1.29, 1.82) is 0 Å². The van der Waals surface area contributed by atoms with Crippen molar-refractivity contribution < 1.29 is 58.6 Å². The van der Waals surface area contributed by atoms with E-state index in [4.69, 9.17) is 18.9 Å². The Morgan fingerprint density at radius 1 is 0.348 bits per heavy atom. The van der Waals surface area contributed by atoms with Crippen LogP contribution in [0.15, 0.2) is 72.8 Å². The van der Waals surface area contributed by atoms with Gasteiger partial charge in [-0.3, -0.25) is 19.2 Å². The smallest absolute Gasteiger partial charge is 0.306 e. The standard InChI is InChI=1S/C57H76O12/c1-53(2,3)45-29-41(58)21-13-37(45)17-25-49(62)66-33-57(34-67-50(63)26-18-38-14-22-42(59)30-46(38)54(4,5)6,35-68-51(64)27-19-39-15-23-43(60)31-47(39)55(7,8)9)36-69-52(65)28-20-40-16-24-44(61)32-48(40)56(10,11)12/h13-16,21-24,29-32,58-61H,17-20,25-28,33-36H2,1-12H3. The zero-order valence-electron chi connectivity index (χ0n) is 43.0. The molecule has 376 valence electrons. The highest BCUT2D eigenvalue weighted by molar-refractivity contribution is 5.72. The fourth-order valence-electron chi connectivity index (χ4n) is 8.34. The molecule has 0 radical (unpaired) electrons. The second-order valence-corrected chi connectivity index (χ2v) is 22.5. The molecule has 4 N–H and O–H groups in total. The molecule has 4 rings (SSSR count). The van der Waals surface area contributed by atoms with Crippen LogP contribution >= 0.6 is 0 Å². The number of hydrogen-bond acceptors (Lipinski definition) is 12. The average molecular weight is 953 g/mol. The summed E-state index contributed by atoms with van der Waals surface area (Å²) < 4.78 is 23.7. The summed E-state index contributed by atoms with van der Waals surface area (Å²) in [6.45, 7) is 22.4. The van der Waals surface area contributed by atoms with Crippen LogP contribution in [0.3, 0.4) is 0 Å². The van der Waals surface area contributed by atoms with Crippen molar-refractivity contribution in [2.24, 2.45) is 5.41 Å². The number of aryl methyl sites for hydroxylation is 4. The van der Waals surface area contributed by atoms with Gasteiger partial charge >= 0.3 is 23.9 Å². The first-order valence-corrected chi connectivity index (χ1v) is 23.9. The van der Waals surface area contributed by atoms with E-state index in [9.17, 15) is 39.6 Å². The topological polar surface area (TPSA) is 186 Å². The molecule has 0 unspecified atom stereocenters. The third-order valence-electron chi connectivity index (χ3n) is 12.2. The fraction of sp³-hybridized carbons (Fsp3) is 0.509. The summed E-state index contributed by atoms with van der Waals surface area (Å²) in [6, 6.07) is 20.1. The molecule has 0 spiro atoms. The van der Waals surface area contributed by atoms with Crippen molar-refractivity contribution in [3.63, 3.8) is 0 Å². The Morgan fingerprint density at radius 2 is 0.536 bits per heavy atom. The van der Waals surface area contributed by atoms with E-state index < -0.39 is 55.7 Å². The van der Waals surface area contributed by atoms with E-state index in [1.54, 1.807) is 72.8 Å². The number of esters is 4. The highest BCUT2D eigenvalue weighted by atomic mass is 16.6. The maximum atomic E-state index is 13.6. The van der Waals surface area contributed by atoms with Crippen LogP contribution in [0, 0.1) is 5.41 Å². The average Bonchev–Trinajstić information content (AvgIpc) is 3.25. The molecule has 0 fully saturated rings. The Morgan fingerprint density at radius 3 is 0.710 bits per heavy atom. The minimum Gasteiger partial charge on any atom is -0.508 e. The molecule has 0 amide bonds. The number of aromatic hydroxyl groups is 4. The van der Waals surface area contributed by atoms with Crippen molar-refractivity contribution in [3.05, 3.63) is 117 Å². The normalized spacial score (nSPS) is 12.3. The van der Waals surface area contributed by atoms with Gasteiger partial charge in [0.05, 0.1) is 0 Å². The lowest BCUT2D eigenvalue weighted by atomic mass is 9.82.